The molecule has 10 nitrogen and oxygen atoms in total. The lowest BCUT2D eigenvalue weighted by Gasteiger charge is -1.84. The van der Waals surface area contributed by atoms with Crippen molar-refractivity contribution in [2.75, 3.05) is 0 Å². The highest BCUT2D eigenvalue weighted by molar-refractivity contribution is 5.38. The molecule has 0 N–H and O–H groups in total. The predicted octanol–water partition coefficient (Wildman–Crippen LogP) is 0.158. The van der Waals surface area contributed by atoms with E-state index in [1.807, 2.05) is 0 Å². The van der Waals surface area contributed by atoms with Crippen molar-refractivity contribution in [3.63, 3.8) is 0 Å². The third kappa shape index (κ3) is 1.09. The molecule has 12 heavy (non-hydrogen) atoms. The van der Waals surface area contributed by atoms with E-state index in [2.05, 4.69) is 19.8 Å². The van der Waals surface area contributed by atoms with Gasteiger partial charge in [0.2, 0.25) is 0 Å². The summed E-state index contributed by atoms with van der Waals surface area (Å²) in [6, 6.07) is 0. The van der Waals surface area contributed by atoms with Crippen molar-refractivity contribution in [2.24, 2.45) is 5.11 Å². The van der Waals surface area contributed by atoms with Crippen LogP contribution >= 0.6 is 0 Å². The summed E-state index contributed by atoms with van der Waals surface area (Å²) in [5.74, 6) is -1.73. The van der Waals surface area contributed by atoms with Crippen LogP contribution in [-0.2, 0) is 0 Å². The molecule has 0 saturated carbocycles. The average molecular weight is 172 g/mol. The number of hydrogen-bond donors (Lipinski definition) is 0. The molecule has 0 atom stereocenters. The molecule has 1 rings (SSSR count). The lowest BCUT2D eigenvalue weighted by atomic mass is 10.7. The summed E-state index contributed by atoms with van der Waals surface area (Å²) in [4.78, 5) is 10.8. The molecule has 0 aliphatic rings. The number of hydrogen-bond acceptors (Lipinski definition) is 6. The number of aromatic nitrogens is 2. The minimum absolute atomic E-state index is 0.454. The number of azide groups is 1. The largest absolute Gasteiger partial charge is 0.497 e. The van der Waals surface area contributed by atoms with Crippen LogP contribution in [0, 0.1) is 15.3 Å². The second-order valence-corrected chi connectivity index (χ2v) is 1.52. The Labute approximate surface area is 63.3 Å². The molecule has 1 aromatic rings. The van der Waals surface area contributed by atoms with Crippen LogP contribution in [0.25, 0.3) is 10.4 Å². The van der Waals surface area contributed by atoms with E-state index in [0.717, 1.165) is 0 Å². The molecule has 0 saturated heterocycles. The third-order valence-corrected chi connectivity index (χ3v) is 0.887. The molecule has 0 aliphatic heterocycles. The molecule has 0 aliphatic carbocycles. The van der Waals surface area contributed by atoms with Gasteiger partial charge in [0.25, 0.3) is 0 Å². The molecule has 62 valence electrons. The molecule has 0 radical (unpaired) electrons. The lowest BCUT2D eigenvalue weighted by Crippen LogP contribution is -2.25. The number of nitro groups is 1. The molecule has 0 spiro atoms. The van der Waals surface area contributed by atoms with Gasteiger partial charge in [-0.2, -0.15) is 4.63 Å². The zero-order valence-corrected chi connectivity index (χ0v) is 5.32. The van der Waals surface area contributed by atoms with Crippen LogP contribution in [0.3, 0.4) is 0 Å². The maximum atomic E-state index is 10.4. The quantitative estimate of drug-likeness (QED) is 0.155. The van der Waals surface area contributed by atoms with Crippen molar-refractivity contribution in [1.82, 2.24) is 5.16 Å². The van der Waals surface area contributed by atoms with Gasteiger partial charge in [0.05, 0.1) is 4.90 Å². The first-order chi connectivity index (χ1) is 5.66. The Morgan fingerprint density at radius 3 is 3.00 bits per heavy atom. The summed E-state index contributed by atoms with van der Waals surface area (Å²) in [5.41, 5.74) is 7.88. The van der Waals surface area contributed by atoms with Crippen LogP contribution in [-0.4, -0.2) is 10.1 Å². The van der Waals surface area contributed by atoms with Crippen LogP contribution in [0.15, 0.2) is 9.74 Å². The van der Waals surface area contributed by atoms with Crippen molar-refractivity contribution in [3.05, 3.63) is 25.8 Å². The topological polar surface area (TPSA) is 145 Å². The Balaban J connectivity index is 3.30. The molecule has 0 aromatic carbocycles. The minimum Gasteiger partial charge on any atom is -0.323 e. The van der Waals surface area contributed by atoms with Gasteiger partial charge in [-0.15, -0.1) is 0 Å². The standard InChI is InChI=1S/C2N6O4/c3-6-4-1-2(7(9)10)8(11)12-5-1. The second kappa shape index (κ2) is 2.72. The Hall–Kier alpha value is -2.35. The smallest absolute Gasteiger partial charge is 0.323 e. The monoisotopic (exact) mass is 172 g/mol. The van der Waals surface area contributed by atoms with Crippen LogP contribution in [0.2, 0.25) is 0 Å². The normalized spacial score (nSPS) is 9.00. The van der Waals surface area contributed by atoms with E-state index in [0.29, 0.717) is 0 Å². The Kier molecular flexibility index (Phi) is 1.76. The highest BCUT2D eigenvalue weighted by atomic mass is 16.8. The van der Waals surface area contributed by atoms with E-state index in [9.17, 15) is 15.3 Å². The van der Waals surface area contributed by atoms with Gasteiger partial charge in [-0.3, -0.25) is 0 Å². The van der Waals surface area contributed by atoms with Crippen molar-refractivity contribution >= 4 is 11.6 Å². The van der Waals surface area contributed by atoms with Crippen LogP contribution in [0.1, 0.15) is 0 Å². The van der Waals surface area contributed by atoms with Gasteiger partial charge in [-0.25, -0.2) is 0 Å². The zero-order chi connectivity index (χ0) is 9.14. The molecule has 0 amide bonds. The van der Waals surface area contributed by atoms with Crippen molar-refractivity contribution in [2.45, 2.75) is 0 Å². The Morgan fingerprint density at radius 2 is 2.50 bits per heavy atom. The van der Waals surface area contributed by atoms with Gasteiger partial charge < -0.3 is 15.3 Å². The first kappa shape index (κ1) is 7.75. The van der Waals surface area contributed by atoms with E-state index in [1.165, 1.54) is 0 Å². The maximum absolute atomic E-state index is 10.4. The minimum atomic E-state index is -1.06. The second-order valence-electron chi connectivity index (χ2n) is 1.52. The molecule has 1 aromatic heterocycles. The molecule has 0 bridgehead atoms. The van der Waals surface area contributed by atoms with E-state index in [-0.39, 0.29) is 0 Å². The lowest BCUT2D eigenvalue weighted by molar-refractivity contribution is -0.825. The average Bonchev–Trinajstić information content (AvgIpc) is 2.32. The maximum Gasteiger partial charge on any atom is 0.497 e. The van der Waals surface area contributed by atoms with E-state index >= 15 is 0 Å². The van der Waals surface area contributed by atoms with Gasteiger partial charge in [-0.1, -0.05) is 0 Å². The molecule has 0 unspecified atom stereocenters. The fourth-order valence-electron chi connectivity index (χ4n) is 0.491. The van der Waals surface area contributed by atoms with E-state index < -0.39 is 21.5 Å². The van der Waals surface area contributed by atoms with Crippen molar-refractivity contribution in [1.29, 1.82) is 0 Å². The Bertz CT molecular complexity index is 362. The Morgan fingerprint density at radius 1 is 1.83 bits per heavy atom. The third-order valence-electron chi connectivity index (χ3n) is 0.887. The number of nitrogens with zero attached hydrogens (tertiary/aromatic N) is 6. The fraction of sp³-hybridized carbons (Fsp3) is 0. The molecule has 10 heteroatoms. The number of rotatable bonds is 2. The van der Waals surface area contributed by atoms with E-state index in [1.54, 1.807) is 0 Å². The molecule has 0 fully saturated rings. The highest BCUT2D eigenvalue weighted by Gasteiger charge is 2.29. The van der Waals surface area contributed by atoms with Crippen molar-refractivity contribution in [3.8, 4) is 0 Å². The molecule has 1 heterocycles. The zero-order valence-electron chi connectivity index (χ0n) is 5.32. The first-order valence-electron chi connectivity index (χ1n) is 2.46. The first-order valence-corrected chi connectivity index (χ1v) is 2.46. The SMILES string of the molecule is [N-]=[N+]=Nc1no[n+]([O-])c1[N+](=O)[O-]. The summed E-state index contributed by atoms with van der Waals surface area (Å²) in [7, 11) is 0. The summed E-state index contributed by atoms with van der Waals surface area (Å²) in [6.45, 7) is 0. The van der Waals surface area contributed by atoms with Crippen LogP contribution in [0.5, 0.6) is 0 Å². The summed E-state index contributed by atoms with van der Waals surface area (Å²) in [6.07, 6.45) is 0. The van der Waals surface area contributed by atoms with Gasteiger partial charge in [0, 0.05) is 14.9 Å². The van der Waals surface area contributed by atoms with Crippen molar-refractivity contribution < 1.29 is 14.5 Å². The van der Waals surface area contributed by atoms with E-state index in [4.69, 9.17) is 5.53 Å². The summed E-state index contributed by atoms with van der Waals surface area (Å²) >= 11 is 0. The summed E-state index contributed by atoms with van der Waals surface area (Å²) in [5, 5.41) is 26.1. The van der Waals surface area contributed by atoms with Gasteiger partial charge >= 0.3 is 11.6 Å². The van der Waals surface area contributed by atoms with Crippen LogP contribution < -0.4 is 4.90 Å². The molecular weight excluding hydrogens is 172 g/mol. The summed E-state index contributed by atoms with van der Waals surface area (Å²) < 4.78 is 3.81. The predicted molar refractivity (Wildman–Crippen MR) is 30.9 cm³/mol. The van der Waals surface area contributed by atoms with Gasteiger partial charge in [-0.05, 0) is 5.53 Å². The van der Waals surface area contributed by atoms with Gasteiger partial charge in [0.15, 0.2) is 0 Å². The molecular formula is C2N6O4. The fourth-order valence-corrected chi connectivity index (χ4v) is 0.491. The highest BCUT2D eigenvalue weighted by Crippen LogP contribution is 2.19. The van der Waals surface area contributed by atoms with Crippen LogP contribution in [0.4, 0.5) is 11.6 Å². The van der Waals surface area contributed by atoms with Gasteiger partial charge in [0.1, 0.15) is 5.16 Å².